The molecule has 7 heteroatoms. The van der Waals surface area contributed by atoms with E-state index in [1.54, 1.807) is 18.3 Å². The lowest BCUT2D eigenvalue weighted by atomic mass is 10.2. The van der Waals surface area contributed by atoms with Crippen molar-refractivity contribution in [2.75, 3.05) is 7.11 Å². The fourth-order valence-electron chi connectivity index (χ4n) is 2.12. The van der Waals surface area contributed by atoms with Crippen molar-refractivity contribution in [3.8, 4) is 17.1 Å². The van der Waals surface area contributed by atoms with Gasteiger partial charge in [0, 0.05) is 5.56 Å². The molecule has 0 aliphatic carbocycles. The van der Waals surface area contributed by atoms with Crippen LogP contribution in [-0.4, -0.2) is 20.5 Å². The Morgan fingerprint density at radius 2 is 1.79 bits per heavy atom. The first-order chi connectivity index (χ1) is 11.6. The van der Waals surface area contributed by atoms with Crippen LogP contribution in [0.25, 0.3) is 11.3 Å². The third-order valence-electron chi connectivity index (χ3n) is 3.40. The summed E-state index contributed by atoms with van der Waals surface area (Å²) in [6, 6.07) is 15.6. The van der Waals surface area contributed by atoms with Crippen molar-refractivity contribution in [2.45, 2.75) is 11.4 Å². The number of ether oxygens (including phenoxy) is 1. The summed E-state index contributed by atoms with van der Waals surface area (Å²) in [5.41, 5.74) is 0.884. The largest absolute Gasteiger partial charge is 0.497 e. The van der Waals surface area contributed by atoms with Crippen molar-refractivity contribution in [1.82, 2.24) is 9.71 Å². The Morgan fingerprint density at radius 1 is 1.08 bits per heavy atom. The Labute approximate surface area is 140 Å². The minimum absolute atomic E-state index is 0.0266. The average molecular weight is 344 g/mol. The molecular weight excluding hydrogens is 328 g/mol. The van der Waals surface area contributed by atoms with Gasteiger partial charge in [-0.3, -0.25) is 0 Å². The van der Waals surface area contributed by atoms with Crippen molar-refractivity contribution in [3.05, 3.63) is 66.7 Å². The minimum Gasteiger partial charge on any atom is -0.497 e. The van der Waals surface area contributed by atoms with Crippen LogP contribution in [-0.2, 0) is 16.6 Å². The van der Waals surface area contributed by atoms with Gasteiger partial charge in [0.15, 0.2) is 5.76 Å². The second kappa shape index (κ2) is 6.86. The third kappa shape index (κ3) is 3.64. The zero-order chi connectivity index (χ0) is 17.0. The van der Waals surface area contributed by atoms with E-state index in [0.717, 1.165) is 5.56 Å². The molecule has 1 N–H and O–H groups in total. The summed E-state index contributed by atoms with van der Waals surface area (Å²) in [7, 11) is -2.12. The predicted octanol–water partition coefficient (Wildman–Crippen LogP) is 2.83. The van der Waals surface area contributed by atoms with Crippen LogP contribution in [0.1, 0.15) is 5.89 Å². The number of hydrogen-bond acceptors (Lipinski definition) is 5. The first kappa shape index (κ1) is 16.2. The van der Waals surface area contributed by atoms with Gasteiger partial charge < -0.3 is 9.15 Å². The first-order valence-electron chi connectivity index (χ1n) is 7.22. The molecule has 0 unspecified atom stereocenters. The Hall–Kier alpha value is -2.64. The molecule has 1 aromatic heterocycles. The Kier molecular flexibility index (Phi) is 4.64. The molecule has 0 saturated carbocycles. The van der Waals surface area contributed by atoms with Crippen molar-refractivity contribution in [3.63, 3.8) is 0 Å². The van der Waals surface area contributed by atoms with Crippen LogP contribution < -0.4 is 9.46 Å². The molecule has 0 saturated heterocycles. The number of aromatic nitrogens is 1. The maximum absolute atomic E-state index is 12.3. The van der Waals surface area contributed by atoms with Gasteiger partial charge in [-0.25, -0.2) is 18.1 Å². The summed E-state index contributed by atoms with van der Waals surface area (Å²) in [6.07, 6.45) is 1.58. The average Bonchev–Trinajstić information content (AvgIpc) is 3.10. The van der Waals surface area contributed by atoms with Gasteiger partial charge in [0.05, 0.1) is 24.7 Å². The lowest BCUT2D eigenvalue weighted by Gasteiger charge is -2.06. The zero-order valence-electron chi connectivity index (χ0n) is 13.0. The summed E-state index contributed by atoms with van der Waals surface area (Å²) >= 11 is 0. The van der Waals surface area contributed by atoms with E-state index in [2.05, 4.69) is 9.71 Å². The summed E-state index contributed by atoms with van der Waals surface area (Å²) < 4.78 is 37.6. The number of sulfonamides is 1. The Balaban J connectivity index is 1.69. The molecule has 0 radical (unpaired) electrons. The van der Waals surface area contributed by atoms with Crippen LogP contribution >= 0.6 is 0 Å². The summed E-state index contributed by atoms with van der Waals surface area (Å²) in [4.78, 5) is 4.25. The van der Waals surface area contributed by atoms with Crippen LogP contribution in [0.4, 0.5) is 0 Å². The SMILES string of the molecule is COc1ccc(S(=O)(=O)NCc2ncc(-c3ccccc3)o2)cc1. The smallest absolute Gasteiger partial charge is 0.241 e. The number of oxazole rings is 1. The predicted molar refractivity (Wildman–Crippen MR) is 89.0 cm³/mol. The molecule has 2 aromatic carbocycles. The quantitative estimate of drug-likeness (QED) is 0.743. The van der Waals surface area contributed by atoms with E-state index in [0.29, 0.717) is 17.4 Å². The van der Waals surface area contributed by atoms with E-state index in [1.165, 1.54) is 19.2 Å². The fourth-order valence-corrected chi connectivity index (χ4v) is 3.10. The van der Waals surface area contributed by atoms with Gasteiger partial charge in [-0.2, -0.15) is 0 Å². The minimum atomic E-state index is -3.64. The summed E-state index contributed by atoms with van der Waals surface area (Å²) in [6.45, 7) is -0.0266. The van der Waals surface area contributed by atoms with Crippen LogP contribution in [0.5, 0.6) is 5.75 Å². The first-order valence-corrected chi connectivity index (χ1v) is 8.71. The van der Waals surface area contributed by atoms with Gasteiger partial charge in [-0.1, -0.05) is 30.3 Å². The zero-order valence-corrected chi connectivity index (χ0v) is 13.8. The Bertz CT molecular complexity index is 903. The van der Waals surface area contributed by atoms with E-state index in [-0.39, 0.29) is 11.4 Å². The topological polar surface area (TPSA) is 81.4 Å². The highest BCUT2D eigenvalue weighted by Gasteiger charge is 2.15. The van der Waals surface area contributed by atoms with Crippen molar-refractivity contribution in [2.24, 2.45) is 0 Å². The van der Waals surface area contributed by atoms with Crippen molar-refractivity contribution < 1.29 is 17.6 Å². The van der Waals surface area contributed by atoms with E-state index in [4.69, 9.17) is 9.15 Å². The second-order valence-electron chi connectivity index (χ2n) is 4.98. The van der Waals surface area contributed by atoms with E-state index >= 15 is 0 Å². The number of nitrogens with zero attached hydrogens (tertiary/aromatic N) is 1. The number of benzene rings is 2. The standard InChI is InChI=1S/C17H16N2O4S/c1-22-14-7-9-15(10-8-14)24(20,21)19-12-17-18-11-16(23-17)13-5-3-2-4-6-13/h2-11,19H,12H2,1H3. The molecule has 3 aromatic rings. The van der Waals surface area contributed by atoms with Gasteiger partial charge in [-0.05, 0) is 24.3 Å². The van der Waals surface area contributed by atoms with Gasteiger partial charge in [0.1, 0.15) is 5.75 Å². The van der Waals surface area contributed by atoms with Crippen LogP contribution in [0, 0.1) is 0 Å². The maximum Gasteiger partial charge on any atom is 0.241 e. The van der Waals surface area contributed by atoms with Gasteiger partial charge in [0.25, 0.3) is 0 Å². The molecule has 0 aliphatic heterocycles. The van der Waals surface area contributed by atoms with Crippen molar-refractivity contribution >= 4 is 10.0 Å². The summed E-state index contributed by atoms with van der Waals surface area (Å²) in [5.74, 6) is 1.48. The molecule has 0 spiro atoms. The highest BCUT2D eigenvalue weighted by molar-refractivity contribution is 7.89. The normalized spacial score (nSPS) is 11.4. The number of nitrogens with one attached hydrogen (secondary N) is 1. The molecule has 0 bridgehead atoms. The Morgan fingerprint density at radius 3 is 2.46 bits per heavy atom. The van der Waals surface area contributed by atoms with E-state index in [1.807, 2.05) is 30.3 Å². The van der Waals surface area contributed by atoms with Crippen molar-refractivity contribution in [1.29, 1.82) is 0 Å². The molecular formula is C17H16N2O4S. The molecule has 6 nitrogen and oxygen atoms in total. The van der Waals surface area contributed by atoms with E-state index < -0.39 is 10.0 Å². The lowest BCUT2D eigenvalue weighted by molar-refractivity contribution is 0.414. The highest BCUT2D eigenvalue weighted by atomic mass is 32.2. The van der Waals surface area contributed by atoms with E-state index in [9.17, 15) is 8.42 Å². The monoisotopic (exact) mass is 344 g/mol. The van der Waals surface area contributed by atoms with Crippen LogP contribution in [0.2, 0.25) is 0 Å². The third-order valence-corrected chi connectivity index (χ3v) is 4.81. The molecule has 3 rings (SSSR count). The fraction of sp³-hybridized carbons (Fsp3) is 0.118. The molecule has 1 heterocycles. The second-order valence-corrected chi connectivity index (χ2v) is 6.75. The number of hydrogen-bond donors (Lipinski definition) is 1. The van der Waals surface area contributed by atoms with Gasteiger partial charge >= 0.3 is 0 Å². The van der Waals surface area contributed by atoms with Gasteiger partial charge in [0.2, 0.25) is 15.9 Å². The van der Waals surface area contributed by atoms with Gasteiger partial charge in [-0.15, -0.1) is 0 Å². The molecule has 0 fully saturated rings. The molecule has 0 aliphatic rings. The maximum atomic E-state index is 12.3. The summed E-state index contributed by atoms with van der Waals surface area (Å²) in [5, 5.41) is 0. The molecule has 124 valence electrons. The lowest BCUT2D eigenvalue weighted by Crippen LogP contribution is -2.23. The molecule has 0 atom stereocenters. The molecule has 24 heavy (non-hydrogen) atoms. The van der Waals surface area contributed by atoms with Crippen LogP contribution in [0.15, 0.2) is 70.1 Å². The molecule has 0 amide bonds. The number of methoxy groups -OCH3 is 1. The highest BCUT2D eigenvalue weighted by Crippen LogP contribution is 2.20. The van der Waals surface area contributed by atoms with Crippen LogP contribution in [0.3, 0.4) is 0 Å². The number of rotatable bonds is 6.